The van der Waals surface area contributed by atoms with Crippen LogP contribution in [0.4, 0.5) is 5.69 Å². The molecule has 0 unspecified atom stereocenters. The molecule has 0 aromatic heterocycles. The van der Waals surface area contributed by atoms with Gasteiger partial charge in [-0.3, -0.25) is 9.59 Å². The number of ether oxygens (including phenoxy) is 3. The van der Waals surface area contributed by atoms with Gasteiger partial charge in [-0.1, -0.05) is 12.1 Å². The first-order valence-corrected chi connectivity index (χ1v) is 8.65. The van der Waals surface area contributed by atoms with Crippen molar-refractivity contribution in [3.8, 4) is 17.2 Å². The van der Waals surface area contributed by atoms with E-state index in [0.29, 0.717) is 29.4 Å². The Morgan fingerprint density at radius 2 is 1.89 bits per heavy atom. The van der Waals surface area contributed by atoms with Crippen molar-refractivity contribution in [2.45, 2.75) is 19.8 Å². The van der Waals surface area contributed by atoms with Crippen LogP contribution in [0, 0.1) is 6.92 Å². The molecule has 0 radical (unpaired) electrons. The third-order valence-corrected chi connectivity index (χ3v) is 4.15. The lowest BCUT2D eigenvalue weighted by Crippen LogP contribution is -2.33. The number of hydrogen-bond donors (Lipinski definition) is 2. The molecule has 1 heterocycles. The van der Waals surface area contributed by atoms with Crippen molar-refractivity contribution in [1.29, 1.82) is 0 Å². The van der Waals surface area contributed by atoms with Crippen LogP contribution in [0.1, 0.15) is 17.5 Å². The summed E-state index contributed by atoms with van der Waals surface area (Å²) < 4.78 is 15.8. The van der Waals surface area contributed by atoms with Gasteiger partial charge in [-0.05, 0) is 48.7 Å². The van der Waals surface area contributed by atoms with E-state index in [0.717, 1.165) is 11.1 Å². The summed E-state index contributed by atoms with van der Waals surface area (Å²) in [4.78, 5) is 24.1. The van der Waals surface area contributed by atoms with E-state index in [1.165, 1.54) is 7.11 Å². The molecule has 0 spiro atoms. The standard InChI is InChI=1S/C20H22N2O5/c1-13-3-6-16(25-2)15(9-13)22-20(24)11-21-19(23)8-5-14-4-7-17-18(10-14)27-12-26-17/h3-4,6-7,9-10H,5,8,11-12H2,1-2H3,(H,21,23)(H,22,24). The maximum atomic E-state index is 12.1. The first-order chi connectivity index (χ1) is 13.0. The van der Waals surface area contributed by atoms with E-state index in [2.05, 4.69) is 10.6 Å². The molecule has 2 aromatic carbocycles. The van der Waals surface area contributed by atoms with Crippen molar-refractivity contribution < 1.29 is 23.8 Å². The van der Waals surface area contributed by atoms with Crippen molar-refractivity contribution >= 4 is 17.5 Å². The SMILES string of the molecule is COc1ccc(C)cc1NC(=O)CNC(=O)CCc1ccc2c(c1)OCO2. The molecule has 2 aromatic rings. The third-order valence-electron chi connectivity index (χ3n) is 4.15. The van der Waals surface area contributed by atoms with Gasteiger partial charge < -0.3 is 24.8 Å². The lowest BCUT2D eigenvalue weighted by atomic mass is 10.1. The van der Waals surface area contributed by atoms with Crippen LogP contribution >= 0.6 is 0 Å². The Kier molecular flexibility index (Phi) is 5.80. The van der Waals surface area contributed by atoms with E-state index in [1.54, 1.807) is 6.07 Å². The highest BCUT2D eigenvalue weighted by molar-refractivity contribution is 5.95. The second kappa shape index (κ2) is 8.44. The van der Waals surface area contributed by atoms with Crippen molar-refractivity contribution in [2.75, 3.05) is 25.8 Å². The molecule has 0 bridgehead atoms. The van der Waals surface area contributed by atoms with Crippen LogP contribution in [0.25, 0.3) is 0 Å². The highest BCUT2D eigenvalue weighted by Crippen LogP contribution is 2.32. The molecule has 0 atom stereocenters. The number of aryl methyl sites for hydroxylation is 2. The smallest absolute Gasteiger partial charge is 0.243 e. The summed E-state index contributed by atoms with van der Waals surface area (Å²) in [6.45, 7) is 2.05. The molecule has 142 valence electrons. The quantitative estimate of drug-likeness (QED) is 0.782. The topological polar surface area (TPSA) is 85.9 Å². The fourth-order valence-electron chi connectivity index (χ4n) is 2.74. The van der Waals surface area contributed by atoms with E-state index in [1.807, 2.05) is 37.3 Å². The molecule has 3 rings (SSSR count). The van der Waals surface area contributed by atoms with Crippen molar-refractivity contribution in [3.05, 3.63) is 47.5 Å². The molecule has 1 aliphatic rings. The van der Waals surface area contributed by atoms with E-state index < -0.39 is 0 Å². The summed E-state index contributed by atoms with van der Waals surface area (Å²) in [5.74, 6) is 1.48. The lowest BCUT2D eigenvalue weighted by Gasteiger charge is -2.11. The molecule has 2 N–H and O–H groups in total. The molecule has 7 heteroatoms. The van der Waals surface area contributed by atoms with Crippen LogP contribution in [0.5, 0.6) is 17.2 Å². The Labute approximate surface area is 157 Å². The molecule has 1 aliphatic heterocycles. The average molecular weight is 370 g/mol. The van der Waals surface area contributed by atoms with Crippen LogP contribution in [-0.2, 0) is 16.0 Å². The minimum atomic E-state index is -0.310. The zero-order chi connectivity index (χ0) is 19.2. The summed E-state index contributed by atoms with van der Waals surface area (Å²) in [6, 6.07) is 11.1. The van der Waals surface area contributed by atoms with E-state index in [4.69, 9.17) is 14.2 Å². The van der Waals surface area contributed by atoms with E-state index >= 15 is 0 Å². The van der Waals surface area contributed by atoms with Crippen molar-refractivity contribution in [1.82, 2.24) is 5.32 Å². The first kappa shape index (κ1) is 18.6. The molecule has 7 nitrogen and oxygen atoms in total. The van der Waals surface area contributed by atoms with Crippen LogP contribution < -0.4 is 24.8 Å². The number of rotatable bonds is 7. The number of carbonyl (C=O) groups excluding carboxylic acids is 2. The zero-order valence-corrected chi connectivity index (χ0v) is 15.3. The fourth-order valence-corrected chi connectivity index (χ4v) is 2.74. The Balaban J connectivity index is 1.45. The van der Waals surface area contributed by atoms with Gasteiger partial charge >= 0.3 is 0 Å². The third kappa shape index (κ3) is 4.91. The van der Waals surface area contributed by atoms with Gasteiger partial charge in [-0.25, -0.2) is 0 Å². The van der Waals surface area contributed by atoms with Crippen LogP contribution in [0.15, 0.2) is 36.4 Å². The summed E-state index contributed by atoms with van der Waals surface area (Å²) in [7, 11) is 1.54. The van der Waals surface area contributed by atoms with Crippen molar-refractivity contribution in [3.63, 3.8) is 0 Å². The van der Waals surface area contributed by atoms with Crippen molar-refractivity contribution in [2.24, 2.45) is 0 Å². The summed E-state index contributed by atoms with van der Waals surface area (Å²) in [5.41, 5.74) is 2.55. The first-order valence-electron chi connectivity index (χ1n) is 8.65. The van der Waals surface area contributed by atoms with Gasteiger partial charge in [0, 0.05) is 6.42 Å². The molecule has 0 fully saturated rings. The lowest BCUT2D eigenvalue weighted by molar-refractivity contribution is -0.124. The number of fused-ring (bicyclic) bond motifs is 1. The van der Waals surface area contributed by atoms with Gasteiger partial charge in [0.25, 0.3) is 0 Å². The monoisotopic (exact) mass is 370 g/mol. The largest absolute Gasteiger partial charge is 0.495 e. The van der Waals surface area contributed by atoms with Gasteiger partial charge in [-0.15, -0.1) is 0 Å². The van der Waals surface area contributed by atoms with Gasteiger partial charge in [0.1, 0.15) is 5.75 Å². The molecule has 2 amide bonds. The van der Waals surface area contributed by atoms with E-state index in [-0.39, 0.29) is 31.6 Å². The molecule has 0 aliphatic carbocycles. The Hall–Kier alpha value is -3.22. The minimum absolute atomic E-state index is 0.100. The van der Waals surface area contributed by atoms with Gasteiger partial charge in [0.05, 0.1) is 19.3 Å². The van der Waals surface area contributed by atoms with Crippen LogP contribution in [0.2, 0.25) is 0 Å². The van der Waals surface area contributed by atoms with Gasteiger partial charge in [0.2, 0.25) is 18.6 Å². The van der Waals surface area contributed by atoms with Gasteiger partial charge in [-0.2, -0.15) is 0 Å². The second-order valence-electron chi connectivity index (χ2n) is 6.22. The number of benzene rings is 2. The predicted molar refractivity (Wildman–Crippen MR) is 100 cm³/mol. The number of amides is 2. The molecule has 0 saturated carbocycles. The summed E-state index contributed by atoms with van der Waals surface area (Å²) in [5, 5.41) is 5.38. The molecular weight excluding hydrogens is 348 g/mol. The van der Waals surface area contributed by atoms with Crippen LogP contribution in [-0.4, -0.2) is 32.3 Å². The van der Waals surface area contributed by atoms with Crippen LogP contribution in [0.3, 0.4) is 0 Å². The molecular formula is C20H22N2O5. The second-order valence-corrected chi connectivity index (χ2v) is 6.22. The zero-order valence-electron chi connectivity index (χ0n) is 15.3. The van der Waals surface area contributed by atoms with Gasteiger partial charge in [0.15, 0.2) is 11.5 Å². The maximum Gasteiger partial charge on any atom is 0.243 e. The fraction of sp³-hybridized carbons (Fsp3) is 0.300. The predicted octanol–water partition coefficient (Wildman–Crippen LogP) is 2.42. The van der Waals surface area contributed by atoms with E-state index in [9.17, 15) is 9.59 Å². The summed E-state index contributed by atoms with van der Waals surface area (Å²) in [6.07, 6.45) is 0.830. The normalized spacial score (nSPS) is 11.8. The highest BCUT2D eigenvalue weighted by atomic mass is 16.7. The number of nitrogens with one attached hydrogen (secondary N) is 2. The number of methoxy groups -OCH3 is 1. The minimum Gasteiger partial charge on any atom is -0.495 e. The molecule has 0 saturated heterocycles. The molecule has 27 heavy (non-hydrogen) atoms. The Bertz CT molecular complexity index is 850. The Morgan fingerprint density at radius 3 is 2.70 bits per heavy atom. The summed E-state index contributed by atoms with van der Waals surface area (Å²) >= 11 is 0. The maximum absolute atomic E-state index is 12.1. The average Bonchev–Trinajstić information content (AvgIpc) is 3.12. The number of anilines is 1. The highest BCUT2D eigenvalue weighted by Gasteiger charge is 2.14. The Morgan fingerprint density at radius 1 is 1.07 bits per heavy atom. The number of carbonyl (C=O) groups is 2. The number of hydrogen-bond acceptors (Lipinski definition) is 5.